The first-order valence-corrected chi connectivity index (χ1v) is 6.64. The van der Waals surface area contributed by atoms with Crippen LogP contribution in [0.3, 0.4) is 0 Å². The van der Waals surface area contributed by atoms with Gasteiger partial charge in [0.05, 0.1) is 5.01 Å². The Kier molecular flexibility index (Phi) is 5.73. The average Bonchev–Trinajstić information content (AvgIpc) is 2.77. The molecule has 1 unspecified atom stereocenters. The molecule has 1 amide bonds. The van der Waals surface area contributed by atoms with Crippen LogP contribution < -0.4 is 11.1 Å². The molecule has 0 aliphatic heterocycles. The third-order valence-corrected chi connectivity index (χ3v) is 3.23. The summed E-state index contributed by atoms with van der Waals surface area (Å²) in [6.07, 6.45) is 1.71. The van der Waals surface area contributed by atoms with Gasteiger partial charge in [0.25, 0.3) is 5.91 Å². The van der Waals surface area contributed by atoms with Crippen LogP contribution in [0.5, 0.6) is 0 Å². The lowest BCUT2D eigenvalue weighted by atomic mass is 10.1. The highest BCUT2D eigenvalue weighted by atomic mass is 32.1. The van der Waals surface area contributed by atoms with Crippen LogP contribution >= 0.6 is 11.3 Å². The smallest absolute Gasteiger partial charge is 0.326 e. The van der Waals surface area contributed by atoms with Gasteiger partial charge >= 0.3 is 5.97 Å². The minimum atomic E-state index is -1.03. The molecule has 1 aromatic rings. The van der Waals surface area contributed by atoms with E-state index in [9.17, 15) is 9.59 Å². The highest BCUT2D eigenvalue weighted by molar-refractivity contribution is 7.09. The molecule has 7 heteroatoms. The molecule has 18 heavy (non-hydrogen) atoms. The Morgan fingerprint density at radius 3 is 2.89 bits per heavy atom. The molecule has 1 heterocycles. The standard InChI is InChI=1S/C11H17N3O3S/c1-2-3-7(11(16)17)14-10(15)8-6-18-9(13-8)4-5-12/h6-7H,2-5,12H2,1H3,(H,14,15)(H,16,17). The lowest BCUT2D eigenvalue weighted by Gasteiger charge is -2.12. The van der Waals surface area contributed by atoms with Gasteiger partial charge in [-0.3, -0.25) is 4.79 Å². The Bertz CT molecular complexity index is 419. The quantitative estimate of drug-likeness (QED) is 0.674. The lowest BCUT2D eigenvalue weighted by molar-refractivity contribution is -0.139. The number of rotatable bonds is 7. The first kappa shape index (κ1) is 14.6. The van der Waals surface area contributed by atoms with Gasteiger partial charge in [-0.1, -0.05) is 13.3 Å². The van der Waals surface area contributed by atoms with Crippen LogP contribution in [0.2, 0.25) is 0 Å². The van der Waals surface area contributed by atoms with E-state index in [0.29, 0.717) is 25.8 Å². The van der Waals surface area contributed by atoms with Crippen molar-refractivity contribution >= 4 is 23.2 Å². The fourth-order valence-electron chi connectivity index (χ4n) is 1.43. The summed E-state index contributed by atoms with van der Waals surface area (Å²) in [5.41, 5.74) is 5.65. The van der Waals surface area contributed by atoms with Gasteiger partial charge in [0.15, 0.2) is 0 Å². The van der Waals surface area contributed by atoms with Crippen molar-refractivity contribution in [3.05, 3.63) is 16.1 Å². The molecule has 0 fully saturated rings. The summed E-state index contributed by atoms with van der Waals surface area (Å²) >= 11 is 1.35. The van der Waals surface area contributed by atoms with Crippen molar-refractivity contribution < 1.29 is 14.7 Å². The van der Waals surface area contributed by atoms with Crippen molar-refractivity contribution in [3.8, 4) is 0 Å². The fraction of sp³-hybridized carbons (Fsp3) is 0.545. The van der Waals surface area contributed by atoms with Crippen LogP contribution in [0.1, 0.15) is 35.3 Å². The van der Waals surface area contributed by atoms with Crippen LogP contribution in [-0.2, 0) is 11.2 Å². The number of amides is 1. The van der Waals surface area contributed by atoms with E-state index in [2.05, 4.69) is 10.3 Å². The SMILES string of the molecule is CCCC(NC(=O)c1csc(CCN)n1)C(=O)O. The maximum Gasteiger partial charge on any atom is 0.326 e. The number of carboxylic acid groups (broad SMARTS) is 1. The van der Waals surface area contributed by atoms with E-state index in [1.165, 1.54) is 11.3 Å². The van der Waals surface area contributed by atoms with Crippen molar-refractivity contribution in [2.45, 2.75) is 32.2 Å². The number of nitrogens with two attached hydrogens (primary N) is 1. The van der Waals surface area contributed by atoms with E-state index in [1.807, 2.05) is 6.92 Å². The van der Waals surface area contributed by atoms with E-state index >= 15 is 0 Å². The zero-order chi connectivity index (χ0) is 13.5. The lowest BCUT2D eigenvalue weighted by Crippen LogP contribution is -2.40. The molecule has 6 nitrogen and oxygen atoms in total. The summed E-state index contributed by atoms with van der Waals surface area (Å²) < 4.78 is 0. The second-order valence-electron chi connectivity index (χ2n) is 3.82. The Labute approximate surface area is 109 Å². The van der Waals surface area contributed by atoms with Crippen LogP contribution in [-0.4, -0.2) is 34.6 Å². The average molecular weight is 271 g/mol. The number of nitrogens with zero attached hydrogens (tertiary/aromatic N) is 1. The number of aliphatic carboxylic acids is 1. The van der Waals surface area contributed by atoms with Gasteiger partial charge in [-0.05, 0) is 13.0 Å². The topological polar surface area (TPSA) is 105 Å². The van der Waals surface area contributed by atoms with Crippen molar-refractivity contribution in [2.24, 2.45) is 5.73 Å². The van der Waals surface area contributed by atoms with Gasteiger partial charge in [-0.25, -0.2) is 9.78 Å². The number of carbonyl (C=O) groups is 2. The zero-order valence-corrected chi connectivity index (χ0v) is 11.0. The van der Waals surface area contributed by atoms with Gasteiger partial charge < -0.3 is 16.2 Å². The minimum Gasteiger partial charge on any atom is -0.480 e. The summed E-state index contributed by atoms with van der Waals surface area (Å²) in [5.74, 6) is -1.47. The van der Waals surface area contributed by atoms with E-state index < -0.39 is 17.9 Å². The number of aromatic nitrogens is 1. The highest BCUT2D eigenvalue weighted by Gasteiger charge is 2.20. The molecule has 0 radical (unpaired) electrons. The van der Waals surface area contributed by atoms with Gasteiger partial charge in [0.2, 0.25) is 0 Å². The van der Waals surface area contributed by atoms with Crippen molar-refractivity contribution in [3.63, 3.8) is 0 Å². The molecular weight excluding hydrogens is 254 g/mol. The number of hydrogen-bond acceptors (Lipinski definition) is 5. The maximum atomic E-state index is 11.8. The molecule has 1 rings (SSSR count). The maximum absolute atomic E-state index is 11.8. The second-order valence-corrected chi connectivity index (χ2v) is 4.76. The van der Waals surface area contributed by atoms with E-state index in [4.69, 9.17) is 10.8 Å². The van der Waals surface area contributed by atoms with E-state index in [-0.39, 0.29) is 5.69 Å². The summed E-state index contributed by atoms with van der Waals surface area (Å²) in [7, 11) is 0. The van der Waals surface area contributed by atoms with Gasteiger partial charge in [0.1, 0.15) is 11.7 Å². The van der Waals surface area contributed by atoms with Gasteiger partial charge in [0, 0.05) is 11.8 Å². The molecule has 0 aromatic carbocycles. The highest BCUT2D eigenvalue weighted by Crippen LogP contribution is 2.10. The Hall–Kier alpha value is -1.47. The zero-order valence-electron chi connectivity index (χ0n) is 10.2. The Morgan fingerprint density at radius 2 is 2.33 bits per heavy atom. The normalized spacial score (nSPS) is 12.1. The summed E-state index contributed by atoms with van der Waals surface area (Å²) in [6.45, 7) is 2.34. The second kappa shape index (κ2) is 7.07. The number of nitrogens with one attached hydrogen (secondary N) is 1. The van der Waals surface area contributed by atoms with Crippen LogP contribution in [0.25, 0.3) is 0 Å². The van der Waals surface area contributed by atoms with Crippen LogP contribution in [0, 0.1) is 0 Å². The van der Waals surface area contributed by atoms with Crippen molar-refractivity contribution in [1.29, 1.82) is 0 Å². The third kappa shape index (κ3) is 4.08. The molecule has 0 aliphatic carbocycles. The number of carbonyl (C=O) groups excluding carboxylic acids is 1. The first-order chi connectivity index (χ1) is 8.58. The molecular formula is C11H17N3O3S. The van der Waals surface area contributed by atoms with Crippen molar-refractivity contribution in [1.82, 2.24) is 10.3 Å². The first-order valence-electron chi connectivity index (χ1n) is 5.76. The van der Waals surface area contributed by atoms with E-state index in [1.54, 1.807) is 5.38 Å². The molecule has 0 spiro atoms. The number of hydrogen-bond donors (Lipinski definition) is 3. The molecule has 1 atom stereocenters. The molecule has 0 aliphatic rings. The van der Waals surface area contributed by atoms with Gasteiger partial charge in [-0.15, -0.1) is 11.3 Å². The van der Waals surface area contributed by atoms with Crippen LogP contribution in [0.4, 0.5) is 0 Å². The molecule has 0 bridgehead atoms. The number of thiazole rings is 1. The predicted octanol–water partition coefficient (Wildman–Crippen LogP) is 0.627. The molecule has 4 N–H and O–H groups in total. The Morgan fingerprint density at radius 1 is 1.61 bits per heavy atom. The third-order valence-electron chi connectivity index (χ3n) is 2.32. The molecule has 0 saturated carbocycles. The number of carboxylic acids is 1. The summed E-state index contributed by atoms with van der Waals surface area (Å²) in [5, 5.41) is 13.8. The van der Waals surface area contributed by atoms with Gasteiger partial charge in [-0.2, -0.15) is 0 Å². The molecule has 0 saturated heterocycles. The van der Waals surface area contributed by atoms with Crippen LogP contribution in [0.15, 0.2) is 5.38 Å². The summed E-state index contributed by atoms with van der Waals surface area (Å²) in [4.78, 5) is 26.8. The predicted molar refractivity (Wildman–Crippen MR) is 68.7 cm³/mol. The fourth-order valence-corrected chi connectivity index (χ4v) is 2.23. The van der Waals surface area contributed by atoms with E-state index in [0.717, 1.165) is 5.01 Å². The Balaban J connectivity index is 2.64. The summed E-state index contributed by atoms with van der Waals surface area (Å²) in [6, 6.07) is -0.859. The monoisotopic (exact) mass is 271 g/mol. The molecule has 100 valence electrons. The largest absolute Gasteiger partial charge is 0.480 e. The minimum absolute atomic E-state index is 0.255. The molecule has 1 aromatic heterocycles. The van der Waals surface area contributed by atoms with Crippen molar-refractivity contribution in [2.75, 3.05) is 6.54 Å².